The number of fused-ring (bicyclic) bond motifs is 1. The summed E-state index contributed by atoms with van der Waals surface area (Å²) in [6.45, 7) is 0. The van der Waals surface area contributed by atoms with Crippen molar-refractivity contribution in [1.29, 1.82) is 0 Å². The second-order valence-electron chi connectivity index (χ2n) is 3.96. The van der Waals surface area contributed by atoms with Crippen molar-refractivity contribution >= 4 is 23.6 Å². The smallest absolute Gasteiger partial charge is 0.342 e. The molecule has 1 aromatic carbocycles. The zero-order valence-electron chi connectivity index (χ0n) is 9.92. The van der Waals surface area contributed by atoms with Gasteiger partial charge in [0.15, 0.2) is 5.82 Å². The van der Waals surface area contributed by atoms with Crippen molar-refractivity contribution in [3.8, 4) is 0 Å². The molecule has 0 aliphatic carbocycles. The van der Waals surface area contributed by atoms with Gasteiger partial charge in [-0.1, -0.05) is 30.3 Å². The fourth-order valence-corrected chi connectivity index (χ4v) is 1.93. The molecule has 5 N–H and O–H groups in total. The van der Waals surface area contributed by atoms with Crippen molar-refractivity contribution in [3.63, 3.8) is 0 Å². The molecule has 1 aromatic heterocycles. The van der Waals surface area contributed by atoms with Crippen LogP contribution in [0.2, 0.25) is 0 Å². The van der Waals surface area contributed by atoms with Gasteiger partial charge in [-0.25, -0.2) is 9.78 Å². The minimum Gasteiger partial charge on any atom is -0.342 e. The number of urea groups is 1. The molecule has 2 amide bonds. The first-order valence-electron chi connectivity index (χ1n) is 5.67. The number of hydrogen-bond donors (Lipinski definition) is 4. The van der Waals surface area contributed by atoms with Crippen LogP contribution in [0.3, 0.4) is 0 Å². The van der Waals surface area contributed by atoms with Crippen LogP contribution < -0.4 is 21.7 Å². The van der Waals surface area contributed by atoms with Gasteiger partial charge in [-0.05, 0) is 11.6 Å². The first-order chi connectivity index (χ1) is 9.29. The summed E-state index contributed by atoms with van der Waals surface area (Å²) in [7, 11) is 0. The van der Waals surface area contributed by atoms with Crippen molar-refractivity contribution in [1.82, 2.24) is 20.8 Å². The molecule has 0 atom stereocenters. The highest BCUT2D eigenvalue weighted by molar-refractivity contribution is 6.05. The maximum Gasteiger partial charge on any atom is 0.343 e. The molecule has 1 aliphatic heterocycles. The number of carbonyl (C=O) groups is 1. The fraction of sp³-hybridized carbons (Fsp3) is 0. The van der Waals surface area contributed by atoms with E-state index in [0.29, 0.717) is 17.2 Å². The Balaban J connectivity index is 2.06. The van der Waals surface area contributed by atoms with E-state index >= 15 is 0 Å². The molecule has 3 rings (SSSR count). The number of nitrogens with one attached hydrogen (secondary N) is 3. The predicted molar refractivity (Wildman–Crippen MR) is 71.2 cm³/mol. The molecule has 19 heavy (non-hydrogen) atoms. The van der Waals surface area contributed by atoms with Gasteiger partial charge < -0.3 is 10.3 Å². The van der Waals surface area contributed by atoms with Crippen molar-refractivity contribution in [2.75, 3.05) is 5.01 Å². The summed E-state index contributed by atoms with van der Waals surface area (Å²) in [6.07, 6.45) is 3.37. The maximum atomic E-state index is 11.9. The Morgan fingerprint density at radius 3 is 2.84 bits per heavy atom. The summed E-state index contributed by atoms with van der Waals surface area (Å²) in [6, 6.07) is 9.30. The number of H-pyrrole nitrogens is 1. The van der Waals surface area contributed by atoms with Crippen LogP contribution in [-0.2, 0) is 0 Å². The molecule has 7 nitrogen and oxygen atoms in total. The molecule has 0 radical (unpaired) electrons. The van der Waals surface area contributed by atoms with Gasteiger partial charge in [0, 0.05) is 0 Å². The number of nitrogens with zero attached hydrogens (tertiary/aromatic N) is 2. The van der Waals surface area contributed by atoms with E-state index in [1.807, 2.05) is 36.4 Å². The number of aromatic nitrogens is 2. The number of anilines is 1. The van der Waals surface area contributed by atoms with E-state index in [1.54, 1.807) is 0 Å². The Labute approximate surface area is 109 Å². The number of aromatic amines is 1. The van der Waals surface area contributed by atoms with Gasteiger partial charge in [0.25, 0.3) is 0 Å². The Morgan fingerprint density at radius 2 is 2.11 bits per heavy atom. The lowest BCUT2D eigenvalue weighted by atomic mass is 10.1. The van der Waals surface area contributed by atoms with E-state index < -0.39 is 0 Å². The van der Waals surface area contributed by atoms with Crippen LogP contribution in [0.15, 0.2) is 36.7 Å². The van der Waals surface area contributed by atoms with Crippen molar-refractivity contribution < 1.29 is 4.79 Å². The average molecular weight is 256 g/mol. The second-order valence-corrected chi connectivity index (χ2v) is 3.96. The first kappa shape index (κ1) is 11.5. The predicted octanol–water partition coefficient (Wildman–Crippen LogP) is 0.816. The summed E-state index contributed by atoms with van der Waals surface area (Å²) in [5, 5.41) is 3.88. The Kier molecular flexibility index (Phi) is 2.75. The topological polar surface area (TPSA) is 99.1 Å². The monoisotopic (exact) mass is 256 g/mol. The quantitative estimate of drug-likeness (QED) is 0.472. The molecular weight excluding hydrogens is 244 g/mol. The number of hydrogen-bond acceptors (Lipinski definition) is 4. The van der Waals surface area contributed by atoms with Crippen molar-refractivity contribution in [2.24, 2.45) is 5.84 Å². The third kappa shape index (κ3) is 1.96. The van der Waals surface area contributed by atoms with E-state index in [0.717, 1.165) is 10.6 Å². The Hall–Kier alpha value is -2.64. The molecule has 1 aliphatic rings. The Bertz CT molecular complexity index is 633. The molecule has 0 bridgehead atoms. The number of benzene rings is 1. The fourth-order valence-electron chi connectivity index (χ4n) is 1.93. The SMILES string of the molecule is NNN1C(=O)NC(=Cc2ccccc2)c2[nH]cnc21. The highest BCUT2D eigenvalue weighted by atomic mass is 16.2. The van der Waals surface area contributed by atoms with Gasteiger partial charge in [-0.2, -0.15) is 10.5 Å². The summed E-state index contributed by atoms with van der Waals surface area (Å²) in [5.41, 5.74) is 4.62. The number of rotatable bonds is 2. The number of nitrogens with two attached hydrogens (primary N) is 1. The van der Waals surface area contributed by atoms with Crippen LogP contribution in [0.4, 0.5) is 10.6 Å². The zero-order valence-corrected chi connectivity index (χ0v) is 9.92. The van der Waals surface area contributed by atoms with Gasteiger partial charge in [0.2, 0.25) is 0 Å². The molecular formula is C12H12N6O. The molecule has 2 heterocycles. The van der Waals surface area contributed by atoms with Crippen LogP contribution in [0.5, 0.6) is 0 Å². The van der Waals surface area contributed by atoms with Crippen LogP contribution in [0.1, 0.15) is 11.3 Å². The van der Waals surface area contributed by atoms with E-state index in [2.05, 4.69) is 20.8 Å². The summed E-state index contributed by atoms with van der Waals surface area (Å²) < 4.78 is 0. The number of imidazole rings is 1. The molecule has 2 aromatic rings. The number of carbonyl (C=O) groups excluding carboxylic acids is 1. The number of amides is 2. The summed E-state index contributed by atoms with van der Waals surface area (Å²) in [5.74, 6) is 5.75. The molecule has 7 heteroatoms. The van der Waals surface area contributed by atoms with E-state index in [9.17, 15) is 4.79 Å². The van der Waals surface area contributed by atoms with Gasteiger partial charge in [0.05, 0.1) is 12.0 Å². The average Bonchev–Trinajstić information content (AvgIpc) is 2.89. The lowest BCUT2D eigenvalue weighted by Crippen LogP contribution is -2.54. The molecule has 96 valence electrons. The summed E-state index contributed by atoms with van der Waals surface area (Å²) in [4.78, 5) is 18.9. The molecule has 0 spiro atoms. The van der Waals surface area contributed by atoms with Crippen molar-refractivity contribution in [2.45, 2.75) is 0 Å². The third-order valence-corrected chi connectivity index (χ3v) is 2.78. The minimum atomic E-state index is -0.385. The highest BCUT2D eigenvalue weighted by Gasteiger charge is 2.29. The molecule has 0 fully saturated rings. The van der Waals surface area contributed by atoms with Gasteiger partial charge >= 0.3 is 6.03 Å². The highest BCUT2D eigenvalue weighted by Crippen LogP contribution is 2.26. The first-order valence-corrected chi connectivity index (χ1v) is 5.67. The molecule has 0 saturated carbocycles. The van der Waals surface area contributed by atoms with E-state index in [-0.39, 0.29) is 6.03 Å². The Morgan fingerprint density at radius 1 is 1.32 bits per heavy atom. The second kappa shape index (κ2) is 4.56. The standard InChI is InChI=1S/C12H12N6O/c13-17-18-11-10(14-7-15-11)9(16-12(18)19)6-8-4-2-1-3-5-8/h1-7,17H,13H2,(H,14,15)(H,16,19). The van der Waals surface area contributed by atoms with Gasteiger partial charge in [0.1, 0.15) is 5.69 Å². The van der Waals surface area contributed by atoms with Gasteiger partial charge in [-0.3, -0.25) is 5.84 Å². The van der Waals surface area contributed by atoms with E-state index in [1.165, 1.54) is 6.33 Å². The van der Waals surface area contributed by atoms with Crippen LogP contribution in [0, 0.1) is 0 Å². The third-order valence-electron chi connectivity index (χ3n) is 2.78. The molecule has 0 unspecified atom stereocenters. The largest absolute Gasteiger partial charge is 0.343 e. The lowest BCUT2D eigenvalue weighted by Gasteiger charge is -2.26. The zero-order chi connectivity index (χ0) is 13.2. The van der Waals surface area contributed by atoms with Crippen molar-refractivity contribution in [3.05, 3.63) is 47.9 Å². The van der Waals surface area contributed by atoms with Crippen LogP contribution in [0.25, 0.3) is 11.8 Å². The van der Waals surface area contributed by atoms with Crippen LogP contribution in [-0.4, -0.2) is 16.0 Å². The van der Waals surface area contributed by atoms with E-state index in [4.69, 9.17) is 5.84 Å². The van der Waals surface area contributed by atoms with Gasteiger partial charge in [-0.15, -0.1) is 0 Å². The van der Waals surface area contributed by atoms with Crippen LogP contribution >= 0.6 is 0 Å². The molecule has 0 saturated heterocycles. The normalized spacial score (nSPS) is 16.4. The maximum absolute atomic E-state index is 11.9. The number of hydrazine groups is 2. The summed E-state index contributed by atoms with van der Waals surface area (Å²) >= 11 is 0. The minimum absolute atomic E-state index is 0.385. The lowest BCUT2D eigenvalue weighted by molar-refractivity contribution is 0.246.